The fraction of sp³-hybridized carbons (Fsp3) is 0.118. The second kappa shape index (κ2) is 7.02. The summed E-state index contributed by atoms with van der Waals surface area (Å²) in [7, 11) is 0. The molecule has 3 rings (SSSR count). The molecule has 0 saturated heterocycles. The molecule has 3 aromatic heterocycles. The summed E-state index contributed by atoms with van der Waals surface area (Å²) < 4.78 is 0. The van der Waals surface area contributed by atoms with Crippen LogP contribution in [-0.2, 0) is 6.42 Å². The van der Waals surface area contributed by atoms with Crippen LogP contribution in [0.3, 0.4) is 0 Å². The van der Waals surface area contributed by atoms with Gasteiger partial charge < -0.3 is 11.1 Å². The number of hydrogen-bond donors (Lipinski definition) is 2. The molecule has 0 aliphatic rings. The van der Waals surface area contributed by atoms with Crippen LogP contribution >= 0.6 is 11.3 Å². The molecule has 1 amide bonds. The summed E-state index contributed by atoms with van der Waals surface area (Å²) in [6, 6.07) is 7.70. The molecule has 0 aromatic carbocycles. The van der Waals surface area contributed by atoms with E-state index in [1.807, 2.05) is 29.0 Å². The summed E-state index contributed by atoms with van der Waals surface area (Å²) in [5, 5.41) is 7.18. The maximum atomic E-state index is 11.7. The van der Waals surface area contributed by atoms with Crippen molar-refractivity contribution in [3.05, 3.63) is 64.7 Å². The first-order valence-electron chi connectivity index (χ1n) is 7.19. The molecule has 3 N–H and O–H groups in total. The molecule has 0 bridgehead atoms. The van der Waals surface area contributed by atoms with Gasteiger partial charge in [-0.15, -0.1) is 0 Å². The van der Waals surface area contributed by atoms with Crippen LogP contribution in [0.5, 0.6) is 0 Å². The van der Waals surface area contributed by atoms with Gasteiger partial charge in [-0.2, -0.15) is 11.3 Å². The quantitative estimate of drug-likeness (QED) is 0.730. The maximum absolute atomic E-state index is 11.7. The SMILES string of the molecule is NC(=O)c1cc(-c2ccsc2)cnc1NCCc1ccncc1. The number of pyridine rings is 2. The number of rotatable bonds is 6. The maximum Gasteiger partial charge on any atom is 0.252 e. The monoisotopic (exact) mass is 324 g/mol. The third-order valence-electron chi connectivity index (χ3n) is 3.46. The summed E-state index contributed by atoms with van der Waals surface area (Å²) in [5.74, 6) is 0.0338. The van der Waals surface area contributed by atoms with Crippen molar-refractivity contribution in [2.75, 3.05) is 11.9 Å². The Hall–Kier alpha value is -2.73. The Morgan fingerprint density at radius 3 is 2.74 bits per heavy atom. The van der Waals surface area contributed by atoms with Gasteiger partial charge in [0.05, 0.1) is 5.56 Å². The van der Waals surface area contributed by atoms with Crippen molar-refractivity contribution in [3.63, 3.8) is 0 Å². The highest BCUT2D eigenvalue weighted by Gasteiger charge is 2.12. The summed E-state index contributed by atoms with van der Waals surface area (Å²) >= 11 is 1.60. The Bertz CT molecular complexity index is 788. The molecule has 3 aromatic rings. The molecule has 23 heavy (non-hydrogen) atoms. The van der Waals surface area contributed by atoms with Crippen LogP contribution in [0.15, 0.2) is 53.6 Å². The predicted octanol–water partition coefficient (Wildman–Crippen LogP) is 2.96. The molecule has 0 aliphatic carbocycles. The summed E-state index contributed by atoms with van der Waals surface area (Å²) in [6.07, 6.45) is 6.09. The van der Waals surface area contributed by atoms with Gasteiger partial charge in [0, 0.05) is 30.7 Å². The summed E-state index contributed by atoms with van der Waals surface area (Å²) in [5.41, 5.74) is 8.99. The molecule has 0 saturated carbocycles. The average molecular weight is 324 g/mol. The second-order valence-electron chi connectivity index (χ2n) is 5.03. The van der Waals surface area contributed by atoms with Gasteiger partial charge in [-0.1, -0.05) is 0 Å². The number of carbonyl (C=O) groups excluding carboxylic acids is 1. The Labute approximate surface area is 138 Å². The van der Waals surface area contributed by atoms with E-state index in [4.69, 9.17) is 5.73 Å². The van der Waals surface area contributed by atoms with Gasteiger partial charge in [-0.05, 0) is 52.6 Å². The number of carbonyl (C=O) groups is 1. The van der Waals surface area contributed by atoms with Crippen molar-refractivity contribution >= 4 is 23.1 Å². The topological polar surface area (TPSA) is 80.9 Å². The summed E-state index contributed by atoms with van der Waals surface area (Å²) in [4.78, 5) is 20.1. The number of primary amides is 1. The molecule has 116 valence electrons. The zero-order valence-electron chi connectivity index (χ0n) is 12.4. The minimum atomic E-state index is -0.485. The lowest BCUT2D eigenvalue weighted by Gasteiger charge is -2.10. The lowest BCUT2D eigenvalue weighted by atomic mass is 10.1. The van der Waals surface area contributed by atoms with E-state index in [9.17, 15) is 4.79 Å². The van der Waals surface area contributed by atoms with Crippen molar-refractivity contribution in [3.8, 4) is 11.1 Å². The Kier molecular flexibility index (Phi) is 4.63. The minimum absolute atomic E-state index is 0.406. The Balaban J connectivity index is 1.75. The van der Waals surface area contributed by atoms with E-state index in [1.54, 1.807) is 36.0 Å². The first-order chi connectivity index (χ1) is 11.2. The number of thiophene rings is 1. The first kappa shape index (κ1) is 15.2. The van der Waals surface area contributed by atoms with Crippen LogP contribution in [-0.4, -0.2) is 22.4 Å². The third-order valence-corrected chi connectivity index (χ3v) is 4.15. The second-order valence-corrected chi connectivity index (χ2v) is 5.81. The van der Waals surface area contributed by atoms with Crippen LogP contribution < -0.4 is 11.1 Å². The standard InChI is InChI=1S/C17H16N4OS/c18-16(22)15-9-14(13-4-8-23-11-13)10-21-17(15)20-7-3-12-1-5-19-6-2-12/h1-2,4-6,8-11H,3,7H2,(H2,18,22)(H,20,21). The van der Waals surface area contributed by atoms with E-state index >= 15 is 0 Å². The molecule has 0 spiro atoms. The highest BCUT2D eigenvalue weighted by Crippen LogP contribution is 2.25. The van der Waals surface area contributed by atoms with Gasteiger partial charge in [0.25, 0.3) is 5.91 Å². The smallest absolute Gasteiger partial charge is 0.252 e. The van der Waals surface area contributed by atoms with E-state index in [-0.39, 0.29) is 0 Å². The number of nitrogens with zero attached hydrogens (tertiary/aromatic N) is 2. The Morgan fingerprint density at radius 2 is 2.04 bits per heavy atom. The molecule has 0 aliphatic heterocycles. The molecule has 3 heterocycles. The highest BCUT2D eigenvalue weighted by molar-refractivity contribution is 7.08. The fourth-order valence-electron chi connectivity index (χ4n) is 2.25. The van der Waals surface area contributed by atoms with Gasteiger partial charge in [-0.3, -0.25) is 9.78 Å². The molecule has 0 unspecified atom stereocenters. The lowest BCUT2D eigenvalue weighted by molar-refractivity contribution is 0.100. The molecule has 5 nitrogen and oxygen atoms in total. The predicted molar refractivity (Wildman–Crippen MR) is 92.5 cm³/mol. The van der Waals surface area contributed by atoms with E-state index in [0.29, 0.717) is 17.9 Å². The van der Waals surface area contributed by atoms with Crippen LogP contribution in [0.2, 0.25) is 0 Å². The highest BCUT2D eigenvalue weighted by atomic mass is 32.1. The van der Waals surface area contributed by atoms with E-state index in [0.717, 1.165) is 17.5 Å². The van der Waals surface area contributed by atoms with Gasteiger partial charge in [-0.25, -0.2) is 4.98 Å². The minimum Gasteiger partial charge on any atom is -0.369 e. The Morgan fingerprint density at radius 1 is 1.22 bits per heavy atom. The fourth-order valence-corrected chi connectivity index (χ4v) is 2.92. The largest absolute Gasteiger partial charge is 0.369 e. The van der Waals surface area contributed by atoms with Gasteiger partial charge in [0.15, 0.2) is 0 Å². The first-order valence-corrected chi connectivity index (χ1v) is 8.13. The van der Waals surface area contributed by atoms with E-state index in [1.165, 1.54) is 5.56 Å². The molecule has 0 fully saturated rings. The van der Waals surface area contributed by atoms with Crippen LogP contribution in [0.4, 0.5) is 5.82 Å². The van der Waals surface area contributed by atoms with Crippen molar-refractivity contribution < 1.29 is 4.79 Å². The third kappa shape index (κ3) is 3.73. The molecular weight excluding hydrogens is 308 g/mol. The van der Waals surface area contributed by atoms with Crippen molar-refractivity contribution in [1.82, 2.24) is 9.97 Å². The number of nitrogens with one attached hydrogen (secondary N) is 1. The van der Waals surface area contributed by atoms with Crippen molar-refractivity contribution in [1.29, 1.82) is 0 Å². The summed E-state index contributed by atoms with van der Waals surface area (Å²) in [6.45, 7) is 0.662. The van der Waals surface area contributed by atoms with Gasteiger partial charge >= 0.3 is 0 Å². The number of aromatic nitrogens is 2. The number of anilines is 1. The van der Waals surface area contributed by atoms with E-state index in [2.05, 4.69) is 15.3 Å². The van der Waals surface area contributed by atoms with Gasteiger partial charge in [0.2, 0.25) is 0 Å². The van der Waals surface area contributed by atoms with Crippen LogP contribution in [0.25, 0.3) is 11.1 Å². The van der Waals surface area contributed by atoms with Crippen LogP contribution in [0, 0.1) is 0 Å². The van der Waals surface area contributed by atoms with Crippen LogP contribution in [0.1, 0.15) is 15.9 Å². The molecule has 0 atom stereocenters. The molecule has 0 radical (unpaired) electrons. The molecule has 6 heteroatoms. The number of nitrogens with two attached hydrogens (primary N) is 1. The number of amides is 1. The molecular formula is C17H16N4OS. The lowest BCUT2D eigenvalue weighted by Crippen LogP contribution is -2.17. The van der Waals surface area contributed by atoms with Gasteiger partial charge in [0.1, 0.15) is 5.82 Å². The van der Waals surface area contributed by atoms with E-state index < -0.39 is 5.91 Å². The van der Waals surface area contributed by atoms with Crippen molar-refractivity contribution in [2.45, 2.75) is 6.42 Å². The average Bonchev–Trinajstić information content (AvgIpc) is 3.10. The normalized spacial score (nSPS) is 10.4. The zero-order chi connectivity index (χ0) is 16.1. The zero-order valence-corrected chi connectivity index (χ0v) is 13.2. The van der Waals surface area contributed by atoms with Crippen molar-refractivity contribution in [2.24, 2.45) is 5.73 Å². The number of hydrogen-bond acceptors (Lipinski definition) is 5.